The second-order valence-corrected chi connectivity index (χ2v) is 6.95. The molecule has 4 heteroatoms. The smallest absolute Gasteiger partial charge is 0.189 e. The Morgan fingerprint density at radius 1 is 1.29 bits per heavy atom. The van der Waals surface area contributed by atoms with Crippen LogP contribution in [0.15, 0.2) is 24.3 Å². The van der Waals surface area contributed by atoms with Crippen LogP contribution in [-0.2, 0) is 4.74 Å². The van der Waals surface area contributed by atoms with Crippen LogP contribution in [0.2, 0.25) is 0 Å². The summed E-state index contributed by atoms with van der Waals surface area (Å²) in [4.78, 5) is 0. The van der Waals surface area contributed by atoms with E-state index in [-0.39, 0.29) is 17.9 Å². The van der Waals surface area contributed by atoms with Gasteiger partial charge in [-0.1, -0.05) is 32.9 Å². The third-order valence-electron chi connectivity index (χ3n) is 3.69. The van der Waals surface area contributed by atoms with E-state index in [0.29, 0.717) is 12.6 Å². The molecule has 2 atom stereocenters. The molecule has 0 amide bonds. The van der Waals surface area contributed by atoms with Gasteiger partial charge in [0.05, 0.1) is 5.69 Å². The molecule has 21 heavy (non-hydrogen) atoms. The minimum Gasteiger partial charge on any atom is -0.465 e. The molecule has 2 rings (SSSR count). The second kappa shape index (κ2) is 6.24. The summed E-state index contributed by atoms with van der Waals surface area (Å²) >= 11 is 0. The molecule has 1 aromatic carbocycles. The summed E-state index contributed by atoms with van der Waals surface area (Å²) in [5.74, 6) is 0.833. The van der Waals surface area contributed by atoms with E-state index < -0.39 is 0 Å². The van der Waals surface area contributed by atoms with Gasteiger partial charge in [-0.15, -0.1) is 0 Å². The highest BCUT2D eigenvalue weighted by molar-refractivity contribution is 5.59. The molecule has 0 aliphatic carbocycles. The van der Waals surface area contributed by atoms with Crippen molar-refractivity contribution < 1.29 is 9.47 Å². The fraction of sp³-hybridized carbons (Fsp3) is 0.647. The summed E-state index contributed by atoms with van der Waals surface area (Å²) in [7, 11) is 0. The van der Waals surface area contributed by atoms with Gasteiger partial charge in [-0.2, -0.15) is 0 Å². The number of hydrogen-bond acceptors (Lipinski definition) is 4. The van der Waals surface area contributed by atoms with Crippen LogP contribution in [0, 0.1) is 5.41 Å². The molecule has 118 valence electrons. The van der Waals surface area contributed by atoms with Gasteiger partial charge < -0.3 is 14.8 Å². The quantitative estimate of drug-likeness (QED) is 0.458. The Balaban J connectivity index is 2.08. The lowest BCUT2D eigenvalue weighted by Gasteiger charge is -2.27. The van der Waals surface area contributed by atoms with Crippen molar-refractivity contribution in [3.05, 3.63) is 24.3 Å². The molecule has 1 aliphatic rings. The fourth-order valence-corrected chi connectivity index (χ4v) is 2.70. The first kappa shape index (κ1) is 16.1. The van der Waals surface area contributed by atoms with Gasteiger partial charge in [0.25, 0.3) is 0 Å². The second-order valence-electron chi connectivity index (χ2n) is 6.95. The topological polar surface area (TPSA) is 52.4 Å². The first-order chi connectivity index (χ1) is 9.86. The molecule has 0 saturated carbocycles. The predicted octanol–water partition coefficient (Wildman–Crippen LogP) is 3.60. The lowest BCUT2D eigenvalue weighted by atomic mass is 9.86. The van der Waals surface area contributed by atoms with Gasteiger partial charge in [-0.05, 0) is 37.8 Å². The van der Waals surface area contributed by atoms with E-state index >= 15 is 0 Å². The van der Waals surface area contributed by atoms with Gasteiger partial charge in [-0.25, -0.2) is 0 Å². The Kier molecular flexibility index (Phi) is 4.79. The summed E-state index contributed by atoms with van der Waals surface area (Å²) in [5, 5.41) is 7.19. The highest BCUT2D eigenvalue weighted by Crippen LogP contribution is 2.40. The van der Waals surface area contributed by atoms with Crippen molar-refractivity contribution in [2.24, 2.45) is 5.41 Å². The minimum absolute atomic E-state index is 0.0384. The van der Waals surface area contributed by atoms with Gasteiger partial charge in [-0.3, -0.25) is 5.32 Å². The Morgan fingerprint density at radius 2 is 1.95 bits per heavy atom. The molecule has 1 aliphatic heterocycles. The summed E-state index contributed by atoms with van der Waals surface area (Å²) in [6, 6.07) is 8.48. The number of para-hydroxylation sites is 2. The molecule has 0 aromatic heterocycles. The van der Waals surface area contributed by atoms with E-state index in [2.05, 4.69) is 44.4 Å². The number of anilines is 1. The van der Waals surface area contributed by atoms with Crippen molar-refractivity contribution >= 4 is 5.69 Å². The zero-order valence-corrected chi connectivity index (χ0v) is 13.8. The van der Waals surface area contributed by atoms with Crippen LogP contribution in [0.4, 0.5) is 5.69 Å². The molecular weight excluding hydrogens is 264 g/mol. The zero-order chi connectivity index (χ0) is 15.5. The third kappa shape index (κ3) is 4.35. The van der Waals surface area contributed by atoms with Crippen LogP contribution in [0.1, 0.15) is 41.0 Å². The number of benzene rings is 1. The van der Waals surface area contributed by atoms with E-state index in [9.17, 15) is 0 Å². The van der Waals surface area contributed by atoms with Crippen molar-refractivity contribution in [2.45, 2.75) is 52.7 Å². The highest BCUT2D eigenvalue weighted by atomic mass is 16.7. The molecule has 1 aromatic rings. The van der Waals surface area contributed by atoms with Crippen LogP contribution in [-0.4, -0.2) is 25.1 Å². The molecule has 1 heterocycles. The van der Waals surface area contributed by atoms with Crippen molar-refractivity contribution in [3.8, 4) is 5.75 Å². The molecule has 1 fully saturated rings. The molecule has 1 saturated heterocycles. The third-order valence-corrected chi connectivity index (χ3v) is 3.69. The minimum atomic E-state index is -0.0384. The average molecular weight is 292 g/mol. The van der Waals surface area contributed by atoms with Crippen LogP contribution in [0.3, 0.4) is 0 Å². The van der Waals surface area contributed by atoms with Crippen molar-refractivity contribution in [2.75, 3.05) is 18.7 Å². The Labute approximate surface area is 128 Å². The number of hydrogen-bond donors (Lipinski definition) is 2. The van der Waals surface area contributed by atoms with Crippen LogP contribution < -0.4 is 15.4 Å². The largest absolute Gasteiger partial charge is 0.465 e. The maximum Gasteiger partial charge on any atom is 0.189 e. The van der Waals surface area contributed by atoms with E-state index in [1.165, 1.54) is 0 Å². The zero-order valence-electron chi connectivity index (χ0n) is 13.8. The van der Waals surface area contributed by atoms with Crippen LogP contribution in [0.5, 0.6) is 5.75 Å². The van der Waals surface area contributed by atoms with Crippen molar-refractivity contribution in [1.29, 1.82) is 0 Å². The molecule has 2 N–H and O–H groups in total. The Hall–Kier alpha value is -1.26. The standard InChI is InChI=1S/C17H28N2O2/c1-6-20-12-21-15-10-8-7-9-14(15)19-17(13(2)18-17)11-16(3,4)5/h7-10,13,18-19H,6,11-12H2,1-5H3. The molecular formula is C17H28N2O2. The number of nitrogens with one attached hydrogen (secondary N) is 2. The van der Waals surface area contributed by atoms with Gasteiger partial charge in [0, 0.05) is 12.6 Å². The van der Waals surface area contributed by atoms with E-state index in [4.69, 9.17) is 9.47 Å². The highest BCUT2D eigenvalue weighted by Gasteiger charge is 2.52. The van der Waals surface area contributed by atoms with E-state index in [0.717, 1.165) is 17.9 Å². The van der Waals surface area contributed by atoms with Gasteiger partial charge in [0.15, 0.2) is 6.79 Å². The number of rotatable bonds is 7. The monoisotopic (exact) mass is 292 g/mol. The van der Waals surface area contributed by atoms with E-state index in [1.54, 1.807) is 0 Å². The Bertz CT molecular complexity index is 470. The molecule has 0 bridgehead atoms. The molecule has 0 radical (unpaired) electrons. The lowest BCUT2D eigenvalue weighted by molar-refractivity contribution is 0.0228. The van der Waals surface area contributed by atoms with E-state index in [1.807, 2.05) is 25.1 Å². The molecule has 4 nitrogen and oxygen atoms in total. The summed E-state index contributed by atoms with van der Waals surface area (Å²) in [6.45, 7) is 11.9. The maximum absolute atomic E-state index is 5.70. The maximum atomic E-state index is 5.70. The van der Waals surface area contributed by atoms with Gasteiger partial charge in [0.2, 0.25) is 0 Å². The van der Waals surface area contributed by atoms with Gasteiger partial charge >= 0.3 is 0 Å². The fourth-order valence-electron chi connectivity index (χ4n) is 2.70. The summed E-state index contributed by atoms with van der Waals surface area (Å²) in [6.07, 6.45) is 1.06. The normalized spacial score (nSPS) is 24.7. The molecule has 0 spiro atoms. The average Bonchev–Trinajstić information content (AvgIpc) is 2.98. The van der Waals surface area contributed by atoms with Crippen LogP contribution >= 0.6 is 0 Å². The first-order valence-electron chi connectivity index (χ1n) is 7.72. The lowest BCUT2D eigenvalue weighted by Crippen LogP contribution is -2.33. The summed E-state index contributed by atoms with van der Waals surface area (Å²) in [5.41, 5.74) is 1.23. The van der Waals surface area contributed by atoms with Crippen molar-refractivity contribution in [3.63, 3.8) is 0 Å². The SMILES string of the molecule is CCOCOc1ccccc1NC1(CC(C)(C)C)NC1C. The summed E-state index contributed by atoms with van der Waals surface area (Å²) < 4.78 is 11.0. The molecule has 2 unspecified atom stereocenters. The van der Waals surface area contributed by atoms with Gasteiger partial charge in [0.1, 0.15) is 11.4 Å². The predicted molar refractivity (Wildman–Crippen MR) is 86.6 cm³/mol. The number of ether oxygens (including phenoxy) is 2. The van der Waals surface area contributed by atoms with Crippen molar-refractivity contribution in [1.82, 2.24) is 5.32 Å². The first-order valence-corrected chi connectivity index (χ1v) is 7.72. The van der Waals surface area contributed by atoms with Crippen LogP contribution in [0.25, 0.3) is 0 Å². The Morgan fingerprint density at radius 3 is 2.52 bits per heavy atom.